The normalized spacial score (nSPS) is 23.1. The molecule has 0 spiro atoms. The van der Waals surface area contributed by atoms with Crippen molar-refractivity contribution in [3.8, 4) is 0 Å². The average Bonchev–Trinajstić information content (AvgIpc) is 2.36. The van der Waals surface area contributed by atoms with E-state index in [0.717, 1.165) is 36.8 Å². The monoisotopic (exact) mass is 262 g/mol. The van der Waals surface area contributed by atoms with E-state index in [0.29, 0.717) is 11.3 Å². The standard InChI is InChI=1S/C15H22N2O2/c1-9-7-10(2)12(16)8-11(9)15(19)17-13-5-3-4-6-14(13)18/h7-8,13-14,18H,3-6,16H2,1-2H3,(H,17,19)/t13-,14-/m1/s1. The topological polar surface area (TPSA) is 75.3 Å². The molecule has 2 atom stereocenters. The van der Waals surface area contributed by atoms with Crippen LogP contribution in [0, 0.1) is 13.8 Å². The van der Waals surface area contributed by atoms with Crippen LogP contribution >= 0.6 is 0 Å². The molecule has 4 N–H and O–H groups in total. The van der Waals surface area contributed by atoms with Gasteiger partial charge in [-0.15, -0.1) is 0 Å². The number of benzene rings is 1. The molecule has 1 amide bonds. The fourth-order valence-electron chi connectivity index (χ4n) is 2.64. The first-order valence-electron chi connectivity index (χ1n) is 6.84. The van der Waals surface area contributed by atoms with E-state index < -0.39 is 6.10 Å². The second-order valence-electron chi connectivity index (χ2n) is 5.46. The van der Waals surface area contributed by atoms with E-state index in [1.807, 2.05) is 19.9 Å². The van der Waals surface area contributed by atoms with E-state index in [1.165, 1.54) is 0 Å². The van der Waals surface area contributed by atoms with Gasteiger partial charge in [0.1, 0.15) is 0 Å². The number of nitrogens with one attached hydrogen (secondary N) is 1. The molecule has 1 fully saturated rings. The predicted octanol–water partition coefficient (Wildman–Crippen LogP) is 1.92. The minimum atomic E-state index is -0.430. The molecule has 4 nitrogen and oxygen atoms in total. The Bertz CT molecular complexity index is 485. The van der Waals surface area contributed by atoms with Crippen LogP contribution in [0.25, 0.3) is 0 Å². The van der Waals surface area contributed by atoms with Gasteiger partial charge in [0.15, 0.2) is 0 Å². The van der Waals surface area contributed by atoms with Gasteiger partial charge >= 0.3 is 0 Å². The van der Waals surface area contributed by atoms with Crippen LogP contribution in [-0.2, 0) is 0 Å². The third-order valence-electron chi connectivity index (χ3n) is 3.90. The van der Waals surface area contributed by atoms with E-state index in [9.17, 15) is 9.90 Å². The summed E-state index contributed by atoms with van der Waals surface area (Å²) >= 11 is 0. The number of hydrogen-bond acceptors (Lipinski definition) is 3. The van der Waals surface area contributed by atoms with Crippen LogP contribution in [-0.4, -0.2) is 23.2 Å². The lowest BCUT2D eigenvalue weighted by Gasteiger charge is -2.28. The molecule has 1 aromatic carbocycles. The first-order valence-corrected chi connectivity index (χ1v) is 6.84. The number of nitrogens with two attached hydrogens (primary N) is 1. The Balaban J connectivity index is 2.13. The number of carbonyl (C=O) groups excluding carboxylic acids is 1. The first-order chi connectivity index (χ1) is 8.99. The van der Waals surface area contributed by atoms with E-state index in [-0.39, 0.29) is 11.9 Å². The Morgan fingerprint density at radius 2 is 1.95 bits per heavy atom. The third kappa shape index (κ3) is 3.07. The molecule has 1 aromatic rings. The number of carbonyl (C=O) groups is 1. The Morgan fingerprint density at radius 1 is 1.26 bits per heavy atom. The zero-order valence-corrected chi connectivity index (χ0v) is 11.6. The maximum absolute atomic E-state index is 12.3. The zero-order valence-electron chi connectivity index (χ0n) is 11.6. The fraction of sp³-hybridized carbons (Fsp3) is 0.533. The van der Waals surface area contributed by atoms with Crippen molar-refractivity contribution < 1.29 is 9.90 Å². The Labute approximate surface area is 114 Å². The summed E-state index contributed by atoms with van der Waals surface area (Å²) in [6, 6.07) is 3.50. The lowest BCUT2D eigenvalue weighted by Crippen LogP contribution is -2.45. The summed E-state index contributed by atoms with van der Waals surface area (Å²) in [5.41, 5.74) is 8.97. The molecular weight excluding hydrogens is 240 g/mol. The van der Waals surface area contributed by atoms with Gasteiger partial charge in [0.05, 0.1) is 12.1 Å². The van der Waals surface area contributed by atoms with Gasteiger partial charge in [0.25, 0.3) is 5.91 Å². The molecule has 0 heterocycles. The van der Waals surface area contributed by atoms with E-state index in [2.05, 4.69) is 5.32 Å². The van der Waals surface area contributed by atoms with Crippen LogP contribution in [0.1, 0.15) is 47.2 Å². The number of amides is 1. The number of hydrogen-bond donors (Lipinski definition) is 3. The van der Waals surface area contributed by atoms with Gasteiger partial charge in [-0.1, -0.05) is 18.9 Å². The summed E-state index contributed by atoms with van der Waals surface area (Å²) in [5, 5.41) is 12.8. The first kappa shape index (κ1) is 13.9. The van der Waals surface area contributed by atoms with Crippen LogP contribution in [0.15, 0.2) is 12.1 Å². The summed E-state index contributed by atoms with van der Waals surface area (Å²) < 4.78 is 0. The van der Waals surface area contributed by atoms with Crippen LogP contribution in [0.3, 0.4) is 0 Å². The molecule has 0 unspecified atom stereocenters. The van der Waals surface area contributed by atoms with Crippen molar-refractivity contribution in [2.75, 3.05) is 5.73 Å². The second-order valence-corrected chi connectivity index (χ2v) is 5.46. The Kier molecular flexibility index (Phi) is 4.10. The SMILES string of the molecule is Cc1cc(C)c(C(=O)N[C@@H]2CCCC[C@H]2O)cc1N. The van der Waals surface area contributed by atoms with E-state index in [1.54, 1.807) is 6.07 Å². The quantitative estimate of drug-likeness (QED) is 0.713. The van der Waals surface area contributed by atoms with Crippen molar-refractivity contribution >= 4 is 11.6 Å². The van der Waals surface area contributed by atoms with Crippen LogP contribution in [0.2, 0.25) is 0 Å². The van der Waals surface area contributed by atoms with Gasteiger partial charge in [0.2, 0.25) is 0 Å². The van der Waals surface area contributed by atoms with Crippen molar-refractivity contribution in [2.45, 2.75) is 51.7 Å². The molecule has 2 rings (SSSR count). The lowest BCUT2D eigenvalue weighted by atomic mass is 9.92. The molecule has 4 heteroatoms. The Morgan fingerprint density at radius 3 is 2.63 bits per heavy atom. The largest absolute Gasteiger partial charge is 0.398 e. The maximum Gasteiger partial charge on any atom is 0.251 e. The molecular formula is C15H22N2O2. The molecule has 1 aliphatic rings. The van der Waals surface area contributed by atoms with Crippen molar-refractivity contribution in [1.29, 1.82) is 0 Å². The molecule has 0 saturated heterocycles. The van der Waals surface area contributed by atoms with Crippen LogP contribution in [0.4, 0.5) is 5.69 Å². The number of rotatable bonds is 2. The average molecular weight is 262 g/mol. The molecule has 104 valence electrons. The molecule has 0 aromatic heterocycles. The van der Waals surface area contributed by atoms with E-state index >= 15 is 0 Å². The predicted molar refractivity (Wildman–Crippen MR) is 76.1 cm³/mol. The summed E-state index contributed by atoms with van der Waals surface area (Å²) in [6.07, 6.45) is 3.26. The number of aliphatic hydroxyl groups excluding tert-OH is 1. The van der Waals surface area contributed by atoms with Gasteiger partial charge in [-0.25, -0.2) is 0 Å². The lowest BCUT2D eigenvalue weighted by molar-refractivity contribution is 0.0717. The molecule has 0 radical (unpaired) electrons. The number of aryl methyl sites for hydroxylation is 2. The highest BCUT2D eigenvalue weighted by molar-refractivity contribution is 5.97. The van der Waals surface area contributed by atoms with Crippen molar-refractivity contribution in [3.63, 3.8) is 0 Å². The highest BCUT2D eigenvalue weighted by Crippen LogP contribution is 2.21. The van der Waals surface area contributed by atoms with Crippen molar-refractivity contribution in [2.24, 2.45) is 0 Å². The Hall–Kier alpha value is -1.55. The number of aliphatic hydroxyl groups is 1. The highest BCUT2D eigenvalue weighted by Gasteiger charge is 2.25. The summed E-state index contributed by atoms with van der Waals surface area (Å²) in [5.74, 6) is -0.143. The summed E-state index contributed by atoms with van der Waals surface area (Å²) in [7, 11) is 0. The minimum Gasteiger partial charge on any atom is -0.398 e. The molecule has 0 aliphatic heterocycles. The third-order valence-corrected chi connectivity index (χ3v) is 3.90. The van der Waals surface area contributed by atoms with Crippen LogP contribution in [0.5, 0.6) is 0 Å². The van der Waals surface area contributed by atoms with Gasteiger partial charge in [0, 0.05) is 11.3 Å². The van der Waals surface area contributed by atoms with Crippen LogP contribution < -0.4 is 11.1 Å². The second kappa shape index (κ2) is 5.61. The van der Waals surface area contributed by atoms with E-state index in [4.69, 9.17) is 5.73 Å². The van der Waals surface area contributed by atoms with Gasteiger partial charge in [-0.05, 0) is 43.9 Å². The molecule has 1 saturated carbocycles. The zero-order chi connectivity index (χ0) is 14.0. The smallest absolute Gasteiger partial charge is 0.251 e. The van der Waals surface area contributed by atoms with Gasteiger partial charge in [-0.3, -0.25) is 4.79 Å². The highest BCUT2D eigenvalue weighted by atomic mass is 16.3. The summed E-state index contributed by atoms with van der Waals surface area (Å²) in [6.45, 7) is 3.83. The van der Waals surface area contributed by atoms with Gasteiger partial charge < -0.3 is 16.2 Å². The molecule has 0 bridgehead atoms. The van der Waals surface area contributed by atoms with Gasteiger partial charge in [-0.2, -0.15) is 0 Å². The van der Waals surface area contributed by atoms with Crippen molar-refractivity contribution in [1.82, 2.24) is 5.32 Å². The fourth-order valence-corrected chi connectivity index (χ4v) is 2.64. The number of nitrogen functional groups attached to an aromatic ring is 1. The van der Waals surface area contributed by atoms with Crippen molar-refractivity contribution in [3.05, 3.63) is 28.8 Å². The maximum atomic E-state index is 12.3. The molecule has 1 aliphatic carbocycles. The minimum absolute atomic E-state index is 0.136. The summed E-state index contributed by atoms with van der Waals surface area (Å²) in [4.78, 5) is 12.3. The number of anilines is 1. The molecule has 19 heavy (non-hydrogen) atoms.